The Labute approximate surface area is 220 Å². The number of nitrogens with one attached hydrogen (secondary N) is 2. The van der Waals surface area contributed by atoms with Crippen molar-refractivity contribution in [2.45, 2.75) is 64.7 Å². The van der Waals surface area contributed by atoms with Gasteiger partial charge in [-0.3, -0.25) is 4.68 Å². The molecule has 1 saturated heterocycles. The third kappa shape index (κ3) is 6.74. The number of piperidine rings is 1. The lowest BCUT2D eigenvalue weighted by Gasteiger charge is -2.34. The highest BCUT2D eigenvalue weighted by atomic mass is 19.4. The molecule has 4 rings (SSSR count). The molecule has 2 aromatic heterocycles. The molecular weight excluding hydrogens is 501 g/mol. The Bertz CT molecular complexity index is 1130. The van der Waals surface area contributed by atoms with E-state index in [4.69, 9.17) is 9.84 Å². The number of carbonyl (C=O) groups excluding carboxylic acids is 1. The number of aryl methyl sites for hydroxylation is 1. The summed E-state index contributed by atoms with van der Waals surface area (Å²) < 4.78 is 47.7. The maximum atomic E-state index is 13.6. The third-order valence-electron chi connectivity index (χ3n) is 6.83. The van der Waals surface area contributed by atoms with Crippen molar-refractivity contribution in [3.8, 4) is 0 Å². The molecule has 1 fully saturated rings. The summed E-state index contributed by atoms with van der Waals surface area (Å²) in [6, 6.07) is 0.777. The van der Waals surface area contributed by atoms with Gasteiger partial charge < -0.3 is 25.2 Å². The van der Waals surface area contributed by atoms with Crippen LogP contribution in [0.5, 0.6) is 0 Å². The van der Waals surface area contributed by atoms with Gasteiger partial charge in [0.2, 0.25) is 5.95 Å². The van der Waals surface area contributed by atoms with Crippen molar-refractivity contribution in [3.05, 3.63) is 36.0 Å². The second kappa shape index (κ2) is 12.0. The Balaban J connectivity index is 1.44. The van der Waals surface area contributed by atoms with Crippen LogP contribution in [0, 0.1) is 0 Å². The molecule has 2 aliphatic heterocycles. The highest BCUT2D eigenvalue weighted by molar-refractivity contribution is 5.69. The molecule has 0 saturated carbocycles. The van der Waals surface area contributed by atoms with Crippen molar-refractivity contribution in [2.75, 3.05) is 43.4 Å². The second-order valence-corrected chi connectivity index (χ2v) is 9.74. The zero-order valence-electron chi connectivity index (χ0n) is 22.0. The third-order valence-corrected chi connectivity index (χ3v) is 6.83. The number of carbonyl (C=O) groups is 1. The standard InChI is InChI=1S/C25H35F3N8O2/c1-4-20-21(16-36(33-20)18-7-12-34(13-8-18)17(2)3)31-23-30-15-19(25(26,27)28)22(32-23)29-9-5-10-35-11-6-14-38-24(35)37/h6,14-18H,4-5,7-13H2,1-3H3,(H2,29,30,31,32). The van der Waals surface area contributed by atoms with Crippen LogP contribution in [0.4, 0.5) is 35.4 Å². The Morgan fingerprint density at radius 1 is 1.24 bits per heavy atom. The topological polar surface area (TPSA) is 100 Å². The van der Waals surface area contributed by atoms with Crippen LogP contribution in [0.1, 0.15) is 57.3 Å². The fourth-order valence-corrected chi connectivity index (χ4v) is 4.64. The van der Waals surface area contributed by atoms with Crippen molar-refractivity contribution in [1.29, 1.82) is 0 Å². The first-order chi connectivity index (χ1) is 18.2. The monoisotopic (exact) mass is 536 g/mol. The largest absolute Gasteiger partial charge is 0.421 e. The Kier molecular flexibility index (Phi) is 8.75. The molecule has 0 aliphatic carbocycles. The van der Waals surface area contributed by atoms with Crippen molar-refractivity contribution in [2.24, 2.45) is 0 Å². The van der Waals surface area contributed by atoms with E-state index in [9.17, 15) is 18.0 Å². The molecule has 0 bridgehead atoms. The van der Waals surface area contributed by atoms with Crippen LogP contribution in [-0.4, -0.2) is 74.4 Å². The van der Waals surface area contributed by atoms with Gasteiger partial charge in [0.1, 0.15) is 11.4 Å². The maximum absolute atomic E-state index is 13.6. The highest BCUT2D eigenvalue weighted by Gasteiger charge is 2.35. The number of likely N-dealkylation sites (tertiary alicyclic amines) is 1. The quantitative estimate of drug-likeness (QED) is 0.418. The molecule has 0 radical (unpaired) electrons. The number of rotatable bonds is 10. The number of amides is 1. The van der Waals surface area contributed by atoms with Crippen molar-refractivity contribution in [1.82, 2.24) is 29.5 Å². The molecule has 2 aromatic rings. The number of anilines is 3. The van der Waals surface area contributed by atoms with E-state index in [1.54, 1.807) is 6.08 Å². The average molecular weight is 537 g/mol. The minimum Gasteiger partial charge on any atom is -0.418 e. The van der Waals surface area contributed by atoms with Gasteiger partial charge >= 0.3 is 12.3 Å². The van der Waals surface area contributed by atoms with Gasteiger partial charge in [-0.2, -0.15) is 23.3 Å². The van der Waals surface area contributed by atoms with Gasteiger partial charge in [-0.15, -0.1) is 0 Å². The van der Waals surface area contributed by atoms with Crippen molar-refractivity contribution in [3.63, 3.8) is 0 Å². The first-order valence-electron chi connectivity index (χ1n) is 13.0. The van der Waals surface area contributed by atoms with Gasteiger partial charge in [0, 0.05) is 51.2 Å². The molecule has 208 valence electrons. The zero-order chi connectivity index (χ0) is 27.3. The predicted molar refractivity (Wildman–Crippen MR) is 137 cm³/mol. The summed E-state index contributed by atoms with van der Waals surface area (Å²) in [6.07, 6.45) is 3.64. The van der Waals surface area contributed by atoms with E-state index in [1.165, 1.54) is 11.2 Å². The highest BCUT2D eigenvalue weighted by Crippen LogP contribution is 2.34. The summed E-state index contributed by atoms with van der Waals surface area (Å²) in [5, 5.41) is 10.6. The number of halogens is 3. The number of hydrogen-bond acceptors (Lipinski definition) is 8. The van der Waals surface area contributed by atoms with Gasteiger partial charge in [0.25, 0.3) is 0 Å². The van der Waals surface area contributed by atoms with E-state index >= 15 is 0 Å². The summed E-state index contributed by atoms with van der Waals surface area (Å²) in [6.45, 7) is 9.29. The van der Waals surface area contributed by atoms with Crippen LogP contribution in [0.25, 0.3) is 0 Å². The number of ether oxygens (including phenoxy) is 1. The number of nitrogens with zero attached hydrogens (tertiary/aromatic N) is 6. The summed E-state index contributed by atoms with van der Waals surface area (Å²) in [5.41, 5.74) is 0.532. The van der Waals surface area contributed by atoms with Gasteiger partial charge in [-0.05, 0) is 45.6 Å². The molecular formula is C25H35F3N8O2. The van der Waals surface area contributed by atoms with Crippen LogP contribution in [-0.2, 0) is 17.3 Å². The van der Waals surface area contributed by atoms with E-state index in [1.807, 2.05) is 17.8 Å². The van der Waals surface area contributed by atoms with Gasteiger partial charge in [0.15, 0.2) is 0 Å². The molecule has 10 nitrogen and oxygen atoms in total. The van der Waals surface area contributed by atoms with E-state index in [-0.39, 0.29) is 24.4 Å². The maximum Gasteiger partial charge on any atom is 0.421 e. The van der Waals surface area contributed by atoms with Crippen LogP contribution in [0.15, 0.2) is 24.7 Å². The average Bonchev–Trinajstić information content (AvgIpc) is 3.29. The molecule has 38 heavy (non-hydrogen) atoms. The van der Waals surface area contributed by atoms with Crippen molar-refractivity contribution >= 4 is 23.5 Å². The summed E-state index contributed by atoms with van der Waals surface area (Å²) in [4.78, 5) is 23.7. The van der Waals surface area contributed by atoms with Gasteiger partial charge in [0.05, 0.1) is 23.7 Å². The Morgan fingerprint density at radius 3 is 2.66 bits per heavy atom. The lowest BCUT2D eigenvalue weighted by Crippen LogP contribution is -2.39. The molecule has 2 N–H and O–H groups in total. The molecule has 0 atom stereocenters. The minimum absolute atomic E-state index is 0.0501. The Hall–Kier alpha value is -3.35. The number of aromatic nitrogens is 4. The van der Waals surface area contributed by atoms with E-state index in [0.29, 0.717) is 37.7 Å². The molecule has 0 unspecified atom stereocenters. The fraction of sp³-hybridized carbons (Fsp3) is 0.600. The first kappa shape index (κ1) is 27.7. The number of alkyl halides is 3. The molecule has 1 amide bonds. The van der Waals surface area contributed by atoms with Crippen LogP contribution < -0.4 is 10.6 Å². The van der Waals surface area contributed by atoms with E-state index in [2.05, 4.69) is 39.3 Å². The van der Waals surface area contributed by atoms with Crippen LogP contribution in [0.2, 0.25) is 0 Å². The summed E-state index contributed by atoms with van der Waals surface area (Å²) >= 11 is 0. The normalized spacial score (nSPS) is 17.2. The van der Waals surface area contributed by atoms with Gasteiger partial charge in [-0.25, -0.2) is 9.78 Å². The smallest absolute Gasteiger partial charge is 0.418 e. The lowest BCUT2D eigenvalue weighted by atomic mass is 10.0. The molecule has 0 spiro atoms. The fourth-order valence-electron chi connectivity index (χ4n) is 4.64. The minimum atomic E-state index is -4.62. The van der Waals surface area contributed by atoms with Crippen molar-refractivity contribution < 1.29 is 22.7 Å². The van der Waals surface area contributed by atoms with E-state index in [0.717, 1.165) is 37.8 Å². The zero-order valence-corrected chi connectivity index (χ0v) is 22.0. The first-order valence-corrected chi connectivity index (χ1v) is 13.0. The SMILES string of the molecule is CCc1nn(C2CCN(C(C)C)CC2)cc1Nc1ncc(C(F)(F)F)c(NCCCN2CC=COC2=O)n1. The number of hydrogen-bond donors (Lipinski definition) is 2. The summed E-state index contributed by atoms with van der Waals surface area (Å²) in [5.74, 6) is -0.267. The van der Waals surface area contributed by atoms with Crippen LogP contribution in [0.3, 0.4) is 0 Å². The lowest BCUT2D eigenvalue weighted by molar-refractivity contribution is -0.137. The van der Waals surface area contributed by atoms with Crippen LogP contribution >= 0.6 is 0 Å². The Morgan fingerprint density at radius 2 is 2.00 bits per heavy atom. The molecule has 4 heterocycles. The molecule has 2 aliphatic rings. The van der Waals surface area contributed by atoms with Gasteiger partial charge in [-0.1, -0.05) is 6.92 Å². The second-order valence-electron chi connectivity index (χ2n) is 9.74. The predicted octanol–water partition coefficient (Wildman–Crippen LogP) is 4.81. The van der Waals surface area contributed by atoms with E-state index < -0.39 is 17.8 Å². The summed E-state index contributed by atoms with van der Waals surface area (Å²) in [7, 11) is 0. The number of cyclic esters (lactones) is 1. The molecule has 13 heteroatoms. The molecule has 0 aromatic carbocycles.